The zero-order chi connectivity index (χ0) is 13.0. The molecule has 0 atom stereocenters. The Morgan fingerprint density at radius 3 is 2.94 bits per heavy atom. The van der Waals surface area contributed by atoms with Gasteiger partial charge in [-0.15, -0.1) is 0 Å². The van der Waals surface area contributed by atoms with Gasteiger partial charge in [0.05, 0.1) is 16.4 Å². The predicted octanol–water partition coefficient (Wildman–Crippen LogP) is 3.63. The van der Waals surface area contributed by atoms with Crippen LogP contribution >= 0.6 is 34.2 Å². The maximum atomic E-state index is 6.22. The summed E-state index contributed by atoms with van der Waals surface area (Å²) in [4.78, 5) is 0. The standard InChI is InChI=1S/C13H15ClIN3/c1-2-6-16-9-11-5-7-18(17-11)13-4-3-10(15)8-12(13)14/h3-5,7-8,16H,2,6,9H2,1H3. The highest BCUT2D eigenvalue weighted by atomic mass is 127. The molecule has 0 aliphatic carbocycles. The van der Waals surface area contributed by atoms with Crippen molar-refractivity contribution in [1.82, 2.24) is 15.1 Å². The Bertz CT molecular complexity index is 525. The number of aromatic nitrogens is 2. The normalized spacial score (nSPS) is 10.8. The molecular formula is C13H15ClIN3. The van der Waals surface area contributed by atoms with Crippen molar-refractivity contribution in [3.8, 4) is 5.69 Å². The summed E-state index contributed by atoms with van der Waals surface area (Å²) in [5.74, 6) is 0. The monoisotopic (exact) mass is 375 g/mol. The maximum absolute atomic E-state index is 6.22. The van der Waals surface area contributed by atoms with Gasteiger partial charge in [-0.3, -0.25) is 0 Å². The van der Waals surface area contributed by atoms with Crippen molar-refractivity contribution in [2.45, 2.75) is 19.9 Å². The van der Waals surface area contributed by atoms with Gasteiger partial charge in [0.15, 0.2) is 0 Å². The minimum Gasteiger partial charge on any atom is -0.311 e. The van der Waals surface area contributed by atoms with Crippen LogP contribution in [0.4, 0.5) is 0 Å². The van der Waals surface area contributed by atoms with E-state index in [4.69, 9.17) is 11.6 Å². The van der Waals surface area contributed by atoms with Crippen molar-refractivity contribution in [3.05, 3.63) is 44.7 Å². The van der Waals surface area contributed by atoms with Crippen molar-refractivity contribution in [2.75, 3.05) is 6.54 Å². The van der Waals surface area contributed by atoms with Gasteiger partial charge in [-0.25, -0.2) is 4.68 Å². The molecule has 0 amide bonds. The molecule has 18 heavy (non-hydrogen) atoms. The first-order chi connectivity index (χ1) is 8.70. The quantitative estimate of drug-likeness (QED) is 0.639. The Hall–Kier alpha value is -0.590. The van der Waals surface area contributed by atoms with E-state index < -0.39 is 0 Å². The van der Waals surface area contributed by atoms with E-state index in [9.17, 15) is 0 Å². The molecule has 3 nitrogen and oxygen atoms in total. The molecule has 96 valence electrons. The first kappa shape index (κ1) is 13.8. The Balaban J connectivity index is 2.13. The third-order valence-corrected chi connectivity index (χ3v) is 3.51. The van der Waals surface area contributed by atoms with E-state index in [-0.39, 0.29) is 0 Å². The molecule has 0 bridgehead atoms. The van der Waals surface area contributed by atoms with Gasteiger partial charge < -0.3 is 5.32 Å². The molecule has 0 saturated heterocycles. The number of halogens is 2. The van der Waals surface area contributed by atoms with Crippen LogP contribution in [0.25, 0.3) is 5.69 Å². The van der Waals surface area contributed by atoms with Crippen LogP contribution in [0.15, 0.2) is 30.5 Å². The van der Waals surface area contributed by atoms with Gasteiger partial charge in [0.2, 0.25) is 0 Å². The summed E-state index contributed by atoms with van der Waals surface area (Å²) in [7, 11) is 0. The topological polar surface area (TPSA) is 29.9 Å². The average molecular weight is 376 g/mol. The second kappa shape index (κ2) is 6.54. The molecule has 1 aromatic heterocycles. The smallest absolute Gasteiger partial charge is 0.0832 e. The Kier molecular flexibility index (Phi) is 5.03. The van der Waals surface area contributed by atoms with Crippen LogP contribution in [0.1, 0.15) is 19.0 Å². The molecule has 1 heterocycles. The molecule has 1 N–H and O–H groups in total. The first-order valence-electron chi connectivity index (χ1n) is 5.91. The molecule has 0 aliphatic heterocycles. The Morgan fingerprint density at radius 2 is 2.22 bits per heavy atom. The molecule has 1 aromatic carbocycles. The lowest BCUT2D eigenvalue weighted by Gasteiger charge is -2.04. The minimum atomic E-state index is 0.720. The van der Waals surface area contributed by atoms with E-state index in [2.05, 4.69) is 39.9 Å². The van der Waals surface area contributed by atoms with Gasteiger partial charge in [0.25, 0.3) is 0 Å². The number of nitrogens with zero attached hydrogens (tertiary/aromatic N) is 2. The number of rotatable bonds is 5. The van der Waals surface area contributed by atoms with Crippen LogP contribution in [-0.2, 0) is 6.54 Å². The molecule has 0 saturated carbocycles. The third-order valence-electron chi connectivity index (χ3n) is 2.53. The lowest BCUT2D eigenvalue weighted by atomic mass is 10.3. The molecule has 0 radical (unpaired) electrons. The van der Waals surface area contributed by atoms with Crippen molar-refractivity contribution in [2.24, 2.45) is 0 Å². The fraction of sp³-hybridized carbons (Fsp3) is 0.308. The van der Waals surface area contributed by atoms with E-state index in [0.29, 0.717) is 0 Å². The minimum absolute atomic E-state index is 0.720. The SMILES string of the molecule is CCCNCc1ccn(-c2ccc(I)cc2Cl)n1. The average Bonchev–Trinajstić information content (AvgIpc) is 2.78. The van der Waals surface area contributed by atoms with E-state index >= 15 is 0 Å². The van der Waals surface area contributed by atoms with Gasteiger partial charge in [0, 0.05) is 16.3 Å². The number of benzene rings is 1. The highest BCUT2D eigenvalue weighted by molar-refractivity contribution is 14.1. The summed E-state index contributed by atoms with van der Waals surface area (Å²) in [5.41, 5.74) is 1.94. The van der Waals surface area contributed by atoms with Crippen LogP contribution in [0.3, 0.4) is 0 Å². The third kappa shape index (κ3) is 3.46. The van der Waals surface area contributed by atoms with Crippen molar-refractivity contribution in [3.63, 3.8) is 0 Å². The summed E-state index contributed by atoms with van der Waals surface area (Å²) >= 11 is 8.46. The van der Waals surface area contributed by atoms with E-state index in [1.165, 1.54) is 0 Å². The zero-order valence-corrected chi connectivity index (χ0v) is 13.1. The lowest BCUT2D eigenvalue weighted by Crippen LogP contribution is -2.14. The molecular weight excluding hydrogens is 361 g/mol. The van der Waals surface area contributed by atoms with Crippen molar-refractivity contribution < 1.29 is 0 Å². The summed E-state index contributed by atoms with van der Waals surface area (Å²) < 4.78 is 2.94. The van der Waals surface area contributed by atoms with Crippen molar-refractivity contribution >= 4 is 34.2 Å². The molecule has 0 unspecified atom stereocenters. The van der Waals surface area contributed by atoms with Crippen molar-refractivity contribution in [1.29, 1.82) is 0 Å². The molecule has 2 aromatic rings. The van der Waals surface area contributed by atoms with Crippen LogP contribution in [-0.4, -0.2) is 16.3 Å². The second-order valence-electron chi connectivity index (χ2n) is 4.02. The number of hydrogen-bond donors (Lipinski definition) is 1. The van der Waals surface area contributed by atoms with E-state index in [1.54, 1.807) is 0 Å². The second-order valence-corrected chi connectivity index (χ2v) is 5.68. The van der Waals surface area contributed by atoms with Gasteiger partial charge in [-0.05, 0) is 59.8 Å². The largest absolute Gasteiger partial charge is 0.311 e. The summed E-state index contributed by atoms with van der Waals surface area (Å²) in [5, 5.41) is 8.56. The Labute approximate surface area is 126 Å². The number of nitrogens with one attached hydrogen (secondary N) is 1. The van der Waals surface area contributed by atoms with Crippen LogP contribution in [0, 0.1) is 3.57 Å². The number of hydrogen-bond acceptors (Lipinski definition) is 2. The Morgan fingerprint density at radius 1 is 1.39 bits per heavy atom. The lowest BCUT2D eigenvalue weighted by molar-refractivity contribution is 0.656. The van der Waals surface area contributed by atoms with Gasteiger partial charge in [-0.2, -0.15) is 5.10 Å². The van der Waals surface area contributed by atoms with Gasteiger partial charge in [0.1, 0.15) is 0 Å². The maximum Gasteiger partial charge on any atom is 0.0832 e. The van der Waals surface area contributed by atoms with E-state index in [0.717, 1.165) is 39.5 Å². The summed E-state index contributed by atoms with van der Waals surface area (Å²) in [6.07, 6.45) is 3.07. The van der Waals surface area contributed by atoms with Gasteiger partial charge >= 0.3 is 0 Å². The van der Waals surface area contributed by atoms with E-state index in [1.807, 2.05) is 35.1 Å². The summed E-state index contributed by atoms with van der Waals surface area (Å²) in [6, 6.07) is 7.96. The highest BCUT2D eigenvalue weighted by Gasteiger charge is 2.05. The highest BCUT2D eigenvalue weighted by Crippen LogP contribution is 2.22. The first-order valence-corrected chi connectivity index (χ1v) is 7.37. The molecule has 0 aliphatic rings. The van der Waals surface area contributed by atoms with Crippen LogP contribution < -0.4 is 5.32 Å². The van der Waals surface area contributed by atoms with Crippen LogP contribution in [0.2, 0.25) is 5.02 Å². The molecule has 0 fully saturated rings. The predicted molar refractivity (Wildman–Crippen MR) is 83.3 cm³/mol. The molecule has 0 spiro atoms. The fourth-order valence-corrected chi connectivity index (χ4v) is 2.59. The van der Waals surface area contributed by atoms with Gasteiger partial charge in [-0.1, -0.05) is 18.5 Å². The molecule has 2 rings (SSSR count). The van der Waals surface area contributed by atoms with Crippen LogP contribution in [0.5, 0.6) is 0 Å². The zero-order valence-electron chi connectivity index (χ0n) is 10.2. The molecule has 5 heteroatoms. The fourth-order valence-electron chi connectivity index (χ4n) is 1.65. The summed E-state index contributed by atoms with van der Waals surface area (Å²) in [6.45, 7) is 3.96.